The summed E-state index contributed by atoms with van der Waals surface area (Å²) in [5.74, 6) is 4.52. The molecule has 9 unspecified atom stereocenters. The molecule has 5 rings (SSSR count). The van der Waals surface area contributed by atoms with Crippen LogP contribution >= 0.6 is 0 Å². The van der Waals surface area contributed by atoms with Gasteiger partial charge in [0.05, 0.1) is 5.41 Å². The Balaban J connectivity index is 1.56. The minimum absolute atomic E-state index is 0.141. The van der Waals surface area contributed by atoms with E-state index >= 15 is 0 Å². The minimum Gasteiger partial charge on any atom is -0.359 e. The van der Waals surface area contributed by atoms with Gasteiger partial charge in [0.25, 0.3) is 0 Å². The number of fused-ring (bicyclic) bond motifs is 7. The van der Waals surface area contributed by atoms with Gasteiger partial charge in [0.15, 0.2) is 0 Å². The fourth-order valence-corrected chi connectivity index (χ4v) is 11.8. The molecule has 9 atom stereocenters. The van der Waals surface area contributed by atoms with Crippen LogP contribution in [0.1, 0.15) is 113 Å². The summed E-state index contributed by atoms with van der Waals surface area (Å²) >= 11 is 0. The molecular weight excluding hydrogens is 418 g/mol. The lowest BCUT2D eigenvalue weighted by molar-refractivity contribution is -0.234. The number of carbonyl (C=O) groups excluding carboxylic acids is 2. The van der Waals surface area contributed by atoms with Crippen molar-refractivity contribution >= 4 is 11.7 Å². The van der Waals surface area contributed by atoms with Crippen molar-refractivity contribution in [3.8, 4) is 0 Å². The number of Topliss-reactive ketones (excluding diaryl/α,β-unsaturated/α-hetero) is 1. The van der Waals surface area contributed by atoms with Gasteiger partial charge in [-0.2, -0.15) is 0 Å². The lowest BCUT2D eigenvalue weighted by Gasteiger charge is -2.72. The van der Waals surface area contributed by atoms with Crippen LogP contribution in [0.4, 0.5) is 0 Å². The molecule has 1 amide bonds. The van der Waals surface area contributed by atoms with Gasteiger partial charge in [-0.05, 0) is 110 Å². The van der Waals surface area contributed by atoms with Crippen LogP contribution in [0.5, 0.6) is 0 Å². The third-order valence-electron chi connectivity index (χ3n) is 13.8. The highest BCUT2D eigenvalue weighted by Crippen LogP contribution is 2.77. The molecule has 34 heavy (non-hydrogen) atoms. The van der Waals surface area contributed by atoms with E-state index in [1.165, 1.54) is 38.5 Å². The SMILES string of the molecule is CNC(=O)C12CCC(C(C)C)C1C1CCC3C4(C)CCC(=O)C(C)(C)C4CCC3(C)C1(C)CC2. The van der Waals surface area contributed by atoms with Gasteiger partial charge < -0.3 is 5.32 Å². The fourth-order valence-electron chi connectivity index (χ4n) is 11.8. The lowest BCUT2D eigenvalue weighted by Crippen LogP contribution is -2.67. The van der Waals surface area contributed by atoms with Crippen molar-refractivity contribution in [2.75, 3.05) is 7.05 Å². The molecule has 3 heteroatoms. The first-order valence-electron chi connectivity index (χ1n) is 14.5. The van der Waals surface area contributed by atoms with Crippen LogP contribution in [-0.2, 0) is 9.59 Å². The van der Waals surface area contributed by atoms with Crippen LogP contribution in [0.15, 0.2) is 0 Å². The third kappa shape index (κ3) is 2.82. The van der Waals surface area contributed by atoms with Crippen molar-refractivity contribution in [2.24, 2.45) is 62.6 Å². The molecule has 0 aromatic carbocycles. The summed E-state index contributed by atoms with van der Waals surface area (Å²) in [4.78, 5) is 26.4. The van der Waals surface area contributed by atoms with Crippen LogP contribution in [0.3, 0.4) is 0 Å². The number of rotatable bonds is 2. The average Bonchev–Trinajstić information content (AvgIpc) is 3.18. The van der Waals surface area contributed by atoms with Crippen LogP contribution in [-0.4, -0.2) is 18.7 Å². The predicted molar refractivity (Wildman–Crippen MR) is 138 cm³/mol. The van der Waals surface area contributed by atoms with Crippen molar-refractivity contribution < 1.29 is 9.59 Å². The lowest BCUT2D eigenvalue weighted by atomic mass is 9.32. The second-order valence-electron chi connectivity index (χ2n) is 15.0. The standard InChI is InChI=1S/C31H51NO2/c1-19(2)20-11-16-31(26(34)32-8)18-17-29(6)21(25(20)31)9-10-23-28(5)14-13-24(33)27(3,4)22(28)12-15-30(23,29)7/h19-23,25H,9-18H2,1-8H3,(H,32,34). The molecule has 3 nitrogen and oxygen atoms in total. The summed E-state index contributed by atoms with van der Waals surface area (Å²) in [6.45, 7) is 17.2. The van der Waals surface area contributed by atoms with E-state index in [4.69, 9.17) is 0 Å². The van der Waals surface area contributed by atoms with E-state index in [-0.39, 0.29) is 21.7 Å². The smallest absolute Gasteiger partial charge is 0.226 e. The molecule has 5 fully saturated rings. The van der Waals surface area contributed by atoms with E-state index in [9.17, 15) is 9.59 Å². The molecule has 0 heterocycles. The second kappa shape index (κ2) is 7.58. The summed E-state index contributed by atoms with van der Waals surface area (Å²) in [5, 5.41) is 3.12. The number of nitrogens with one attached hydrogen (secondary N) is 1. The largest absolute Gasteiger partial charge is 0.359 e. The van der Waals surface area contributed by atoms with Gasteiger partial charge in [0.1, 0.15) is 5.78 Å². The van der Waals surface area contributed by atoms with Crippen LogP contribution in [0, 0.1) is 62.6 Å². The topological polar surface area (TPSA) is 46.2 Å². The molecule has 192 valence electrons. The highest BCUT2D eigenvalue weighted by atomic mass is 16.2. The summed E-state index contributed by atoms with van der Waals surface area (Å²) in [6, 6.07) is 0. The Morgan fingerprint density at radius 1 is 0.853 bits per heavy atom. The number of hydrogen-bond acceptors (Lipinski definition) is 2. The Bertz CT molecular complexity index is 877. The number of carbonyl (C=O) groups is 2. The van der Waals surface area contributed by atoms with Gasteiger partial charge in [-0.25, -0.2) is 0 Å². The van der Waals surface area contributed by atoms with Crippen molar-refractivity contribution in [1.29, 1.82) is 0 Å². The molecule has 0 bridgehead atoms. The van der Waals surface area contributed by atoms with E-state index in [1.54, 1.807) is 0 Å². The molecule has 5 aliphatic rings. The van der Waals surface area contributed by atoms with Gasteiger partial charge in [-0.15, -0.1) is 0 Å². The summed E-state index contributed by atoms with van der Waals surface area (Å²) < 4.78 is 0. The van der Waals surface area contributed by atoms with Crippen molar-refractivity contribution in [3.05, 3.63) is 0 Å². The number of amides is 1. The zero-order chi connectivity index (χ0) is 24.9. The molecule has 5 saturated carbocycles. The molecule has 0 spiro atoms. The van der Waals surface area contributed by atoms with Crippen LogP contribution in [0.2, 0.25) is 0 Å². The maximum absolute atomic E-state index is 13.5. The Morgan fingerprint density at radius 2 is 1.56 bits per heavy atom. The van der Waals surface area contributed by atoms with Crippen molar-refractivity contribution in [2.45, 2.75) is 113 Å². The summed E-state index contributed by atoms with van der Waals surface area (Å²) in [6.07, 6.45) is 11.5. The van der Waals surface area contributed by atoms with E-state index in [0.717, 1.165) is 25.7 Å². The Kier molecular flexibility index (Phi) is 5.53. The second-order valence-corrected chi connectivity index (χ2v) is 15.0. The molecule has 0 aliphatic heterocycles. The highest BCUT2D eigenvalue weighted by molar-refractivity contribution is 5.85. The maximum Gasteiger partial charge on any atom is 0.226 e. The van der Waals surface area contributed by atoms with Gasteiger partial charge in [0.2, 0.25) is 5.91 Å². The zero-order valence-corrected chi connectivity index (χ0v) is 23.4. The molecule has 0 saturated heterocycles. The molecule has 0 aromatic heterocycles. The van der Waals surface area contributed by atoms with E-state index < -0.39 is 0 Å². The molecular formula is C31H51NO2. The van der Waals surface area contributed by atoms with Crippen LogP contribution in [0.25, 0.3) is 0 Å². The van der Waals surface area contributed by atoms with Crippen molar-refractivity contribution in [1.82, 2.24) is 5.32 Å². The van der Waals surface area contributed by atoms with E-state index in [1.807, 2.05) is 7.05 Å². The quantitative estimate of drug-likeness (QED) is 0.471. The maximum atomic E-state index is 13.5. The Labute approximate surface area is 209 Å². The van der Waals surface area contributed by atoms with Crippen LogP contribution < -0.4 is 5.32 Å². The monoisotopic (exact) mass is 469 g/mol. The fraction of sp³-hybridized carbons (Fsp3) is 0.935. The van der Waals surface area contributed by atoms with Crippen molar-refractivity contribution in [3.63, 3.8) is 0 Å². The Morgan fingerprint density at radius 3 is 2.21 bits per heavy atom. The average molecular weight is 470 g/mol. The zero-order valence-electron chi connectivity index (χ0n) is 23.4. The molecule has 0 aromatic rings. The Hall–Kier alpha value is -0.860. The van der Waals surface area contributed by atoms with Gasteiger partial charge in [-0.1, -0.05) is 48.5 Å². The predicted octanol–water partition coefficient (Wildman–Crippen LogP) is 7.04. The molecule has 0 radical (unpaired) electrons. The van der Waals surface area contributed by atoms with Gasteiger partial charge in [-0.3, -0.25) is 9.59 Å². The first kappa shape index (κ1) is 24.8. The number of hydrogen-bond donors (Lipinski definition) is 1. The third-order valence-corrected chi connectivity index (χ3v) is 13.8. The number of ketones is 1. The van der Waals surface area contributed by atoms with E-state index in [2.05, 4.69) is 53.8 Å². The first-order valence-corrected chi connectivity index (χ1v) is 14.5. The highest BCUT2D eigenvalue weighted by Gasteiger charge is 2.71. The summed E-state index contributed by atoms with van der Waals surface area (Å²) in [7, 11) is 1.86. The summed E-state index contributed by atoms with van der Waals surface area (Å²) in [5.41, 5.74) is 0.533. The van der Waals surface area contributed by atoms with E-state index in [0.29, 0.717) is 52.6 Å². The molecule has 5 aliphatic carbocycles. The van der Waals surface area contributed by atoms with Gasteiger partial charge in [0, 0.05) is 18.9 Å². The minimum atomic E-state index is -0.179. The molecule has 1 N–H and O–H groups in total. The first-order chi connectivity index (χ1) is 15.8. The van der Waals surface area contributed by atoms with Gasteiger partial charge >= 0.3 is 0 Å². The normalized spacial score (nSPS) is 51.8.